The Morgan fingerprint density at radius 2 is 1.86 bits per heavy atom. The Bertz CT molecular complexity index is 174. The summed E-state index contributed by atoms with van der Waals surface area (Å²) in [6, 6.07) is -0.917. The van der Waals surface area contributed by atoms with E-state index >= 15 is 0 Å². The van der Waals surface area contributed by atoms with E-state index in [9.17, 15) is 9.59 Å². The third kappa shape index (κ3) is 13.4. The molecule has 0 spiro atoms. The lowest BCUT2D eigenvalue weighted by Gasteiger charge is -2.00. The predicted molar refractivity (Wildman–Crippen MR) is 44.7 cm³/mol. The van der Waals surface area contributed by atoms with E-state index in [0.717, 1.165) is 0 Å². The molecular formula is C6H14N2O6. The lowest BCUT2D eigenvalue weighted by atomic mass is 10.2. The molecule has 0 aromatic heterocycles. The Balaban J connectivity index is 0. The SMILES string of the molecule is N[C@@H](CCO)C(=O)O.O=C(O)CNO. The van der Waals surface area contributed by atoms with Crippen LogP contribution in [-0.2, 0) is 9.59 Å². The number of aliphatic hydroxyl groups excluding tert-OH is 1. The number of nitrogens with one attached hydrogen (secondary N) is 1. The van der Waals surface area contributed by atoms with Crippen molar-refractivity contribution in [2.24, 2.45) is 5.73 Å². The summed E-state index contributed by atoms with van der Waals surface area (Å²) in [4.78, 5) is 19.2. The van der Waals surface area contributed by atoms with Crippen LogP contribution in [0.3, 0.4) is 0 Å². The summed E-state index contributed by atoms with van der Waals surface area (Å²) < 4.78 is 0. The summed E-state index contributed by atoms with van der Waals surface area (Å²) >= 11 is 0. The van der Waals surface area contributed by atoms with Crippen LogP contribution in [0, 0.1) is 0 Å². The van der Waals surface area contributed by atoms with E-state index in [0.29, 0.717) is 0 Å². The van der Waals surface area contributed by atoms with Crippen molar-refractivity contribution in [3.05, 3.63) is 0 Å². The molecule has 0 aliphatic carbocycles. The first-order valence-corrected chi connectivity index (χ1v) is 3.63. The van der Waals surface area contributed by atoms with Crippen LogP contribution in [0.1, 0.15) is 6.42 Å². The van der Waals surface area contributed by atoms with Gasteiger partial charge in [-0.1, -0.05) is 0 Å². The molecule has 0 aliphatic heterocycles. The molecule has 14 heavy (non-hydrogen) atoms. The minimum absolute atomic E-state index is 0.120. The minimum Gasteiger partial charge on any atom is -0.480 e. The van der Waals surface area contributed by atoms with Gasteiger partial charge < -0.3 is 26.3 Å². The van der Waals surface area contributed by atoms with E-state index in [-0.39, 0.29) is 13.0 Å². The predicted octanol–water partition coefficient (Wildman–Crippen LogP) is -2.17. The van der Waals surface area contributed by atoms with Crippen molar-refractivity contribution in [3.63, 3.8) is 0 Å². The fourth-order valence-electron chi connectivity index (χ4n) is 0.330. The second-order valence-electron chi connectivity index (χ2n) is 2.19. The highest BCUT2D eigenvalue weighted by atomic mass is 16.5. The van der Waals surface area contributed by atoms with Gasteiger partial charge in [0, 0.05) is 6.61 Å². The molecule has 1 atom stereocenters. The maximum absolute atomic E-state index is 9.85. The number of nitrogens with two attached hydrogens (primary N) is 1. The van der Waals surface area contributed by atoms with Gasteiger partial charge in [0.2, 0.25) is 0 Å². The molecule has 0 rings (SSSR count). The Morgan fingerprint density at radius 3 is 1.93 bits per heavy atom. The summed E-state index contributed by atoms with van der Waals surface area (Å²) in [5.41, 5.74) is 6.44. The fourth-order valence-corrected chi connectivity index (χ4v) is 0.330. The first-order chi connectivity index (χ1) is 6.45. The molecular weight excluding hydrogens is 196 g/mol. The van der Waals surface area contributed by atoms with E-state index < -0.39 is 24.5 Å². The summed E-state index contributed by atoms with van der Waals surface area (Å²) in [5, 5.41) is 31.5. The average molecular weight is 210 g/mol. The van der Waals surface area contributed by atoms with Gasteiger partial charge in [0.05, 0.1) is 0 Å². The van der Waals surface area contributed by atoms with Gasteiger partial charge in [-0.2, -0.15) is 5.48 Å². The fraction of sp³-hybridized carbons (Fsp3) is 0.667. The smallest absolute Gasteiger partial charge is 0.320 e. The largest absolute Gasteiger partial charge is 0.480 e. The molecule has 0 unspecified atom stereocenters. The van der Waals surface area contributed by atoms with Crippen molar-refractivity contribution in [2.45, 2.75) is 12.5 Å². The van der Waals surface area contributed by atoms with Gasteiger partial charge in [-0.3, -0.25) is 9.59 Å². The van der Waals surface area contributed by atoms with Crippen LogP contribution in [0.15, 0.2) is 0 Å². The number of hydrogen-bond acceptors (Lipinski definition) is 6. The van der Waals surface area contributed by atoms with Gasteiger partial charge in [0.15, 0.2) is 0 Å². The zero-order valence-electron chi connectivity index (χ0n) is 7.38. The molecule has 8 heteroatoms. The van der Waals surface area contributed by atoms with Crippen LogP contribution in [0.5, 0.6) is 0 Å². The molecule has 0 bridgehead atoms. The molecule has 0 saturated heterocycles. The number of carbonyl (C=O) groups is 2. The van der Waals surface area contributed by atoms with Crippen molar-refractivity contribution >= 4 is 11.9 Å². The average Bonchev–Trinajstić information content (AvgIpc) is 2.05. The van der Waals surface area contributed by atoms with Crippen molar-refractivity contribution in [1.29, 1.82) is 0 Å². The van der Waals surface area contributed by atoms with Gasteiger partial charge >= 0.3 is 11.9 Å². The quantitative estimate of drug-likeness (QED) is 0.280. The van der Waals surface area contributed by atoms with Crippen LogP contribution < -0.4 is 11.2 Å². The number of carboxylic acids is 2. The Kier molecular flexibility index (Phi) is 10.8. The molecule has 8 nitrogen and oxygen atoms in total. The number of carboxylic acid groups (broad SMARTS) is 2. The second-order valence-corrected chi connectivity index (χ2v) is 2.19. The zero-order chi connectivity index (χ0) is 11.6. The van der Waals surface area contributed by atoms with Gasteiger partial charge in [0.1, 0.15) is 12.6 Å². The first kappa shape index (κ1) is 15.3. The maximum atomic E-state index is 9.85. The molecule has 0 fully saturated rings. The molecule has 0 radical (unpaired) electrons. The summed E-state index contributed by atoms with van der Waals surface area (Å²) in [6.45, 7) is -0.576. The highest BCUT2D eigenvalue weighted by Gasteiger charge is 2.08. The molecule has 84 valence electrons. The van der Waals surface area contributed by atoms with E-state index in [1.54, 1.807) is 0 Å². The van der Waals surface area contributed by atoms with Crippen molar-refractivity contribution in [3.8, 4) is 0 Å². The van der Waals surface area contributed by atoms with Crippen molar-refractivity contribution in [2.75, 3.05) is 13.2 Å². The number of hydrogen-bond donors (Lipinski definition) is 6. The molecule has 0 aliphatic rings. The third-order valence-corrected chi connectivity index (χ3v) is 0.988. The van der Waals surface area contributed by atoms with E-state index in [1.807, 2.05) is 0 Å². The van der Waals surface area contributed by atoms with E-state index in [4.69, 9.17) is 26.3 Å². The Morgan fingerprint density at radius 1 is 1.36 bits per heavy atom. The summed E-state index contributed by atoms with van der Waals surface area (Å²) in [6.07, 6.45) is 0.120. The first-order valence-electron chi connectivity index (χ1n) is 3.63. The highest BCUT2D eigenvalue weighted by molar-refractivity contribution is 5.72. The molecule has 0 aromatic carbocycles. The standard InChI is InChI=1S/C4H9NO3.C2H5NO3/c5-3(1-2-6)4(7)8;4-2(5)1-3-6/h3,6H,1-2,5H2,(H,7,8);3,6H,1H2,(H,4,5)/t3-;/m0./s1. The maximum Gasteiger partial charge on any atom is 0.320 e. The highest BCUT2D eigenvalue weighted by Crippen LogP contribution is 1.83. The molecule has 0 saturated carbocycles. The Hall–Kier alpha value is -1.22. The van der Waals surface area contributed by atoms with Crippen LogP contribution >= 0.6 is 0 Å². The van der Waals surface area contributed by atoms with Crippen LogP contribution in [0.25, 0.3) is 0 Å². The molecule has 7 N–H and O–H groups in total. The summed E-state index contributed by atoms with van der Waals surface area (Å²) in [7, 11) is 0. The van der Waals surface area contributed by atoms with Crippen molar-refractivity contribution < 1.29 is 30.1 Å². The van der Waals surface area contributed by atoms with Crippen LogP contribution in [0.4, 0.5) is 0 Å². The zero-order valence-corrected chi connectivity index (χ0v) is 7.38. The minimum atomic E-state index is -1.07. The number of rotatable bonds is 5. The number of aliphatic carboxylic acids is 2. The third-order valence-electron chi connectivity index (χ3n) is 0.988. The Labute approximate surface area is 79.9 Å². The van der Waals surface area contributed by atoms with Gasteiger partial charge in [-0.25, -0.2) is 0 Å². The monoisotopic (exact) mass is 210 g/mol. The lowest BCUT2D eigenvalue weighted by molar-refractivity contribution is -0.139. The molecule has 0 heterocycles. The lowest BCUT2D eigenvalue weighted by Crippen LogP contribution is -2.30. The molecule has 0 amide bonds. The number of hydroxylamine groups is 1. The van der Waals surface area contributed by atoms with Crippen molar-refractivity contribution in [1.82, 2.24) is 5.48 Å². The summed E-state index contributed by atoms with van der Waals surface area (Å²) in [5.74, 6) is -2.14. The van der Waals surface area contributed by atoms with Gasteiger partial charge in [-0.15, -0.1) is 0 Å². The van der Waals surface area contributed by atoms with E-state index in [2.05, 4.69) is 0 Å². The van der Waals surface area contributed by atoms with E-state index in [1.165, 1.54) is 5.48 Å². The van der Waals surface area contributed by atoms with Gasteiger partial charge in [0.25, 0.3) is 0 Å². The van der Waals surface area contributed by atoms with Gasteiger partial charge in [-0.05, 0) is 6.42 Å². The van der Waals surface area contributed by atoms with Crippen LogP contribution in [0.2, 0.25) is 0 Å². The van der Waals surface area contributed by atoms with Crippen LogP contribution in [-0.4, -0.2) is 51.7 Å². The molecule has 0 aromatic rings. The number of aliphatic hydroxyl groups is 1. The topological polar surface area (TPSA) is 153 Å². The normalized spacial score (nSPS) is 11.1. The second kappa shape index (κ2) is 9.86.